The standard InChI is InChI=1S/C24H25N5O3/c1-2-20(30)28-12-16(13-28)29-14-19(21-22(29)24(31)27-26-23(21)25)15-8-10-18(11-9-15)32-17-6-4-3-5-7-17/h2-11,14,16,21-23,26H,1,12-13,25H2,(H,27,31). The van der Waals surface area contributed by atoms with Crippen LogP contribution in [0.5, 0.6) is 11.5 Å². The normalized spacial score (nSPS) is 24.8. The van der Waals surface area contributed by atoms with Gasteiger partial charge in [0.15, 0.2) is 0 Å². The van der Waals surface area contributed by atoms with Gasteiger partial charge in [-0.15, -0.1) is 0 Å². The Kier molecular flexibility index (Phi) is 5.16. The highest BCUT2D eigenvalue weighted by molar-refractivity contribution is 5.90. The summed E-state index contributed by atoms with van der Waals surface area (Å²) in [5.74, 6) is 1.06. The molecule has 0 spiro atoms. The lowest BCUT2D eigenvalue weighted by Gasteiger charge is -2.47. The summed E-state index contributed by atoms with van der Waals surface area (Å²) in [6, 6.07) is 17.0. The molecule has 0 bridgehead atoms. The number of nitrogens with one attached hydrogen (secondary N) is 2. The second-order valence-electron chi connectivity index (χ2n) is 8.20. The van der Waals surface area contributed by atoms with Crippen molar-refractivity contribution in [1.82, 2.24) is 20.7 Å². The number of fused-ring (bicyclic) bond motifs is 1. The van der Waals surface area contributed by atoms with Crippen LogP contribution in [-0.2, 0) is 9.59 Å². The molecule has 3 heterocycles. The van der Waals surface area contributed by atoms with Crippen LogP contribution in [0, 0.1) is 5.92 Å². The van der Waals surface area contributed by atoms with Gasteiger partial charge in [-0.25, -0.2) is 5.43 Å². The molecule has 2 saturated heterocycles. The molecule has 8 nitrogen and oxygen atoms in total. The molecular formula is C24H25N5O3. The van der Waals surface area contributed by atoms with Gasteiger partial charge >= 0.3 is 0 Å². The maximum absolute atomic E-state index is 12.8. The molecule has 0 aliphatic carbocycles. The summed E-state index contributed by atoms with van der Waals surface area (Å²) in [4.78, 5) is 28.4. The second kappa shape index (κ2) is 8.14. The number of hydrogen-bond acceptors (Lipinski definition) is 6. The number of para-hydroxylation sites is 1. The summed E-state index contributed by atoms with van der Waals surface area (Å²) < 4.78 is 5.89. The SMILES string of the molecule is C=CC(=O)N1CC(N2C=C(c3ccc(Oc4ccccc4)cc3)C3C(N)NNC(=O)C32)C1. The smallest absolute Gasteiger partial charge is 0.257 e. The largest absolute Gasteiger partial charge is 0.457 e. The molecule has 8 heteroatoms. The van der Waals surface area contributed by atoms with Gasteiger partial charge in [0.2, 0.25) is 5.91 Å². The number of likely N-dealkylation sites (tertiary alicyclic amines) is 1. The fourth-order valence-electron chi connectivity index (χ4n) is 4.58. The van der Waals surface area contributed by atoms with Crippen molar-refractivity contribution in [2.45, 2.75) is 18.2 Å². The number of carbonyl (C=O) groups excluding carboxylic acids is 2. The Morgan fingerprint density at radius 1 is 1.09 bits per heavy atom. The molecule has 2 amide bonds. The fraction of sp³-hybridized carbons (Fsp3) is 0.250. The molecule has 32 heavy (non-hydrogen) atoms. The highest BCUT2D eigenvalue weighted by atomic mass is 16.5. The van der Waals surface area contributed by atoms with Crippen LogP contribution in [0.3, 0.4) is 0 Å². The summed E-state index contributed by atoms with van der Waals surface area (Å²) in [6.45, 7) is 4.65. The Morgan fingerprint density at radius 2 is 1.78 bits per heavy atom. The number of carbonyl (C=O) groups is 2. The number of amides is 2. The van der Waals surface area contributed by atoms with Gasteiger partial charge in [0.1, 0.15) is 17.5 Å². The molecule has 3 aliphatic rings. The van der Waals surface area contributed by atoms with Crippen LogP contribution >= 0.6 is 0 Å². The number of ether oxygens (including phenoxy) is 1. The van der Waals surface area contributed by atoms with E-state index in [-0.39, 0.29) is 23.8 Å². The van der Waals surface area contributed by atoms with Gasteiger partial charge in [-0.2, -0.15) is 0 Å². The second-order valence-corrected chi connectivity index (χ2v) is 8.20. The first kappa shape index (κ1) is 20.3. The molecule has 0 saturated carbocycles. The van der Waals surface area contributed by atoms with E-state index in [2.05, 4.69) is 22.3 Å². The van der Waals surface area contributed by atoms with Crippen molar-refractivity contribution >= 4 is 17.4 Å². The average Bonchev–Trinajstić information content (AvgIpc) is 3.18. The number of nitrogens with zero attached hydrogens (tertiary/aromatic N) is 2. The number of rotatable bonds is 5. The van der Waals surface area contributed by atoms with E-state index in [4.69, 9.17) is 10.5 Å². The molecule has 2 aromatic rings. The first-order chi connectivity index (χ1) is 15.5. The van der Waals surface area contributed by atoms with E-state index < -0.39 is 12.2 Å². The van der Waals surface area contributed by atoms with Crippen LogP contribution in [0.2, 0.25) is 0 Å². The van der Waals surface area contributed by atoms with Gasteiger partial charge < -0.3 is 20.3 Å². The van der Waals surface area contributed by atoms with Gasteiger partial charge in [-0.05, 0) is 41.5 Å². The monoisotopic (exact) mass is 431 g/mol. The first-order valence-corrected chi connectivity index (χ1v) is 10.6. The van der Waals surface area contributed by atoms with Gasteiger partial charge in [-0.1, -0.05) is 36.9 Å². The van der Waals surface area contributed by atoms with Crippen molar-refractivity contribution in [3.8, 4) is 11.5 Å². The molecule has 3 unspecified atom stereocenters. The first-order valence-electron chi connectivity index (χ1n) is 10.6. The van der Waals surface area contributed by atoms with Gasteiger partial charge in [0, 0.05) is 25.2 Å². The van der Waals surface area contributed by atoms with Crippen LogP contribution in [0.1, 0.15) is 5.56 Å². The summed E-state index contributed by atoms with van der Waals surface area (Å²) in [5, 5.41) is 0. The van der Waals surface area contributed by atoms with E-state index in [0.717, 1.165) is 22.6 Å². The zero-order valence-electron chi connectivity index (χ0n) is 17.5. The van der Waals surface area contributed by atoms with Crippen molar-refractivity contribution in [1.29, 1.82) is 0 Å². The van der Waals surface area contributed by atoms with E-state index in [0.29, 0.717) is 13.1 Å². The molecule has 0 radical (unpaired) electrons. The number of nitrogens with two attached hydrogens (primary N) is 1. The van der Waals surface area contributed by atoms with Gasteiger partial charge in [0.05, 0.1) is 12.2 Å². The van der Waals surface area contributed by atoms with Crippen LogP contribution in [0.4, 0.5) is 0 Å². The number of benzene rings is 2. The Morgan fingerprint density at radius 3 is 2.47 bits per heavy atom. The lowest BCUT2D eigenvalue weighted by atomic mass is 9.86. The summed E-state index contributed by atoms with van der Waals surface area (Å²) in [5.41, 5.74) is 13.9. The third-order valence-corrected chi connectivity index (χ3v) is 6.26. The maximum atomic E-state index is 12.8. The molecule has 3 atom stereocenters. The zero-order chi connectivity index (χ0) is 22.2. The minimum atomic E-state index is -0.430. The molecule has 4 N–H and O–H groups in total. The predicted molar refractivity (Wildman–Crippen MR) is 120 cm³/mol. The molecular weight excluding hydrogens is 406 g/mol. The molecule has 5 rings (SSSR count). The van der Waals surface area contributed by atoms with Crippen molar-refractivity contribution in [3.63, 3.8) is 0 Å². The Hall–Kier alpha value is -3.62. The van der Waals surface area contributed by atoms with E-state index in [1.807, 2.05) is 60.8 Å². The summed E-state index contributed by atoms with van der Waals surface area (Å²) >= 11 is 0. The van der Waals surface area contributed by atoms with Crippen molar-refractivity contribution in [3.05, 3.63) is 79.0 Å². The fourth-order valence-corrected chi connectivity index (χ4v) is 4.58. The van der Waals surface area contributed by atoms with E-state index in [1.165, 1.54) is 6.08 Å². The van der Waals surface area contributed by atoms with Crippen molar-refractivity contribution < 1.29 is 14.3 Å². The topological polar surface area (TPSA) is 99.9 Å². The third kappa shape index (κ3) is 3.53. The summed E-state index contributed by atoms with van der Waals surface area (Å²) in [6.07, 6.45) is 2.91. The minimum Gasteiger partial charge on any atom is -0.457 e. The molecule has 164 valence electrons. The van der Waals surface area contributed by atoms with E-state index in [1.54, 1.807) is 4.90 Å². The van der Waals surface area contributed by atoms with Crippen molar-refractivity contribution in [2.75, 3.05) is 13.1 Å². The minimum absolute atomic E-state index is 0.0561. The lowest BCUT2D eigenvalue weighted by molar-refractivity contribution is -0.137. The van der Waals surface area contributed by atoms with Gasteiger partial charge in [-0.3, -0.25) is 15.0 Å². The lowest BCUT2D eigenvalue weighted by Crippen LogP contribution is -2.69. The molecule has 2 fully saturated rings. The molecule has 3 aliphatic heterocycles. The van der Waals surface area contributed by atoms with E-state index >= 15 is 0 Å². The molecule has 0 aromatic heterocycles. The van der Waals surface area contributed by atoms with E-state index in [9.17, 15) is 9.59 Å². The number of hydrogen-bond donors (Lipinski definition) is 3. The van der Waals surface area contributed by atoms with Crippen LogP contribution in [-0.4, -0.2) is 53.0 Å². The van der Waals surface area contributed by atoms with Crippen LogP contribution in [0.25, 0.3) is 5.57 Å². The maximum Gasteiger partial charge on any atom is 0.257 e. The van der Waals surface area contributed by atoms with Crippen molar-refractivity contribution in [2.24, 2.45) is 11.7 Å². The highest BCUT2D eigenvalue weighted by Crippen LogP contribution is 2.41. The summed E-state index contributed by atoms with van der Waals surface area (Å²) in [7, 11) is 0. The van der Waals surface area contributed by atoms with Gasteiger partial charge in [0.25, 0.3) is 5.91 Å². The Bertz CT molecular complexity index is 1060. The Labute approximate surface area is 186 Å². The number of hydrazine groups is 1. The van der Waals surface area contributed by atoms with Crippen LogP contribution < -0.4 is 21.3 Å². The average molecular weight is 431 g/mol. The molecule has 2 aromatic carbocycles. The quantitative estimate of drug-likeness (QED) is 0.620. The Balaban J connectivity index is 1.39. The van der Waals surface area contributed by atoms with Crippen LogP contribution in [0.15, 0.2) is 73.5 Å². The third-order valence-electron chi connectivity index (χ3n) is 6.26. The predicted octanol–water partition coefficient (Wildman–Crippen LogP) is 1.44. The zero-order valence-corrected chi connectivity index (χ0v) is 17.5. The highest BCUT2D eigenvalue weighted by Gasteiger charge is 2.50.